The summed E-state index contributed by atoms with van der Waals surface area (Å²) in [6.45, 7) is 0.585. The first-order valence-corrected chi connectivity index (χ1v) is 6.54. The first kappa shape index (κ1) is 12.5. The summed E-state index contributed by atoms with van der Waals surface area (Å²) in [5, 5.41) is 14.8. The number of nitro benzene ring substituents is 1. The molecular formula is C10H7BrIN3O2. The summed E-state index contributed by atoms with van der Waals surface area (Å²) < 4.78 is 3.56. The highest BCUT2D eigenvalue weighted by molar-refractivity contribution is 14.1. The molecule has 0 saturated carbocycles. The van der Waals surface area contributed by atoms with E-state index in [1.54, 1.807) is 16.9 Å². The van der Waals surface area contributed by atoms with Gasteiger partial charge < -0.3 is 0 Å². The van der Waals surface area contributed by atoms with E-state index in [1.807, 2.05) is 6.20 Å². The standard InChI is InChI=1S/C10H7BrIN3O2/c11-10-3-9(15(16)17)2-1-7(10)5-14-6-8(12)4-13-14/h1-4,6H,5H2. The molecule has 0 aliphatic rings. The maximum Gasteiger partial charge on any atom is 0.270 e. The molecule has 0 spiro atoms. The molecule has 0 aliphatic heterocycles. The van der Waals surface area contributed by atoms with Crippen molar-refractivity contribution in [3.63, 3.8) is 0 Å². The van der Waals surface area contributed by atoms with E-state index in [0.717, 1.165) is 13.6 Å². The van der Waals surface area contributed by atoms with Gasteiger partial charge in [0.25, 0.3) is 5.69 Å². The summed E-state index contributed by atoms with van der Waals surface area (Å²) in [6, 6.07) is 4.73. The van der Waals surface area contributed by atoms with Crippen LogP contribution in [0, 0.1) is 13.7 Å². The number of nitrogens with zero attached hydrogens (tertiary/aromatic N) is 3. The van der Waals surface area contributed by atoms with Gasteiger partial charge in [0.15, 0.2) is 0 Å². The van der Waals surface area contributed by atoms with Gasteiger partial charge in [0.05, 0.1) is 21.2 Å². The molecule has 0 N–H and O–H groups in total. The fraction of sp³-hybridized carbons (Fsp3) is 0.100. The van der Waals surface area contributed by atoms with E-state index in [-0.39, 0.29) is 5.69 Å². The predicted molar refractivity (Wildman–Crippen MR) is 74.8 cm³/mol. The Kier molecular flexibility index (Phi) is 3.77. The topological polar surface area (TPSA) is 61.0 Å². The molecule has 1 aromatic carbocycles. The minimum atomic E-state index is -0.411. The Hall–Kier alpha value is -0.960. The number of halogens is 2. The third-order valence-electron chi connectivity index (χ3n) is 2.18. The van der Waals surface area contributed by atoms with Crippen molar-refractivity contribution in [2.24, 2.45) is 0 Å². The first-order chi connectivity index (χ1) is 8.06. The maximum atomic E-state index is 10.6. The minimum absolute atomic E-state index is 0.0793. The second-order valence-electron chi connectivity index (χ2n) is 3.39. The molecule has 2 rings (SSSR count). The van der Waals surface area contributed by atoms with Crippen LogP contribution in [-0.4, -0.2) is 14.7 Å². The smallest absolute Gasteiger partial charge is 0.267 e. The van der Waals surface area contributed by atoms with Crippen molar-refractivity contribution in [2.75, 3.05) is 0 Å². The maximum absolute atomic E-state index is 10.6. The average molecular weight is 408 g/mol. The molecule has 5 nitrogen and oxygen atoms in total. The van der Waals surface area contributed by atoms with E-state index in [0.29, 0.717) is 6.54 Å². The fourth-order valence-corrected chi connectivity index (χ4v) is 2.32. The second-order valence-corrected chi connectivity index (χ2v) is 5.49. The molecule has 88 valence electrons. The average Bonchev–Trinajstić information content (AvgIpc) is 2.67. The second kappa shape index (κ2) is 5.13. The van der Waals surface area contributed by atoms with Crippen LogP contribution in [-0.2, 0) is 6.54 Å². The molecule has 17 heavy (non-hydrogen) atoms. The van der Waals surface area contributed by atoms with E-state index in [9.17, 15) is 10.1 Å². The van der Waals surface area contributed by atoms with Gasteiger partial charge >= 0.3 is 0 Å². The zero-order valence-corrected chi connectivity index (χ0v) is 12.3. The quantitative estimate of drug-likeness (QED) is 0.446. The van der Waals surface area contributed by atoms with E-state index in [1.165, 1.54) is 12.1 Å². The monoisotopic (exact) mass is 407 g/mol. The van der Waals surface area contributed by atoms with E-state index >= 15 is 0 Å². The summed E-state index contributed by atoms with van der Waals surface area (Å²) >= 11 is 5.51. The highest BCUT2D eigenvalue weighted by Gasteiger charge is 2.09. The van der Waals surface area contributed by atoms with Gasteiger partial charge in [0.2, 0.25) is 0 Å². The molecule has 7 heteroatoms. The van der Waals surface area contributed by atoms with Gasteiger partial charge in [-0.3, -0.25) is 14.8 Å². The van der Waals surface area contributed by atoms with Crippen LogP contribution in [0.5, 0.6) is 0 Å². The molecule has 0 unspecified atom stereocenters. The molecule has 0 saturated heterocycles. The van der Waals surface area contributed by atoms with Crippen LogP contribution in [0.15, 0.2) is 35.1 Å². The fourth-order valence-electron chi connectivity index (χ4n) is 1.38. The summed E-state index contributed by atoms with van der Waals surface area (Å²) in [6.07, 6.45) is 3.67. The lowest BCUT2D eigenvalue weighted by Crippen LogP contribution is -2.01. The minimum Gasteiger partial charge on any atom is -0.267 e. The van der Waals surface area contributed by atoms with Crippen molar-refractivity contribution in [2.45, 2.75) is 6.54 Å². The number of non-ortho nitro benzene ring substituents is 1. The largest absolute Gasteiger partial charge is 0.270 e. The number of nitro groups is 1. The van der Waals surface area contributed by atoms with Gasteiger partial charge in [0.1, 0.15) is 0 Å². The molecule has 0 bridgehead atoms. The zero-order valence-electron chi connectivity index (χ0n) is 8.51. The third-order valence-corrected chi connectivity index (χ3v) is 3.48. The Labute approximate surface area is 119 Å². The van der Waals surface area contributed by atoms with Crippen molar-refractivity contribution >= 4 is 44.2 Å². The predicted octanol–water partition coefficient (Wildman–Crippen LogP) is 3.21. The van der Waals surface area contributed by atoms with Gasteiger partial charge in [-0.15, -0.1) is 0 Å². The summed E-state index contributed by atoms with van der Waals surface area (Å²) in [5.41, 5.74) is 1.03. The van der Waals surface area contributed by atoms with E-state index in [2.05, 4.69) is 43.6 Å². The van der Waals surface area contributed by atoms with Crippen LogP contribution in [0.4, 0.5) is 5.69 Å². The molecular weight excluding hydrogens is 401 g/mol. The lowest BCUT2D eigenvalue weighted by Gasteiger charge is -2.04. The Morgan fingerprint density at radius 2 is 2.29 bits per heavy atom. The summed E-state index contributed by atoms with van der Waals surface area (Å²) in [4.78, 5) is 10.2. The molecule has 0 aliphatic carbocycles. The molecule has 0 atom stereocenters. The lowest BCUT2D eigenvalue weighted by molar-refractivity contribution is -0.384. The van der Waals surface area contributed by atoms with Gasteiger partial charge in [-0.2, -0.15) is 5.10 Å². The van der Waals surface area contributed by atoms with Crippen molar-refractivity contribution in [1.29, 1.82) is 0 Å². The van der Waals surface area contributed by atoms with E-state index in [4.69, 9.17) is 0 Å². The third kappa shape index (κ3) is 3.03. The highest BCUT2D eigenvalue weighted by atomic mass is 127. The number of hydrogen-bond acceptors (Lipinski definition) is 3. The van der Waals surface area contributed by atoms with Crippen LogP contribution in [0.1, 0.15) is 5.56 Å². The van der Waals surface area contributed by atoms with Crippen molar-refractivity contribution in [3.05, 3.63) is 54.3 Å². The molecule has 0 amide bonds. The highest BCUT2D eigenvalue weighted by Crippen LogP contribution is 2.23. The molecule has 0 radical (unpaired) electrons. The molecule has 0 fully saturated rings. The number of rotatable bonds is 3. The summed E-state index contributed by atoms with van der Waals surface area (Å²) in [7, 11) is 0. The number of hydrogen-bond donors (Lipinski definition) is 0. The normalized spacial score (nSPS) is 10.5. The van der Waals surface area contributed by atoms with Crippen molar-refractivity contribution in [1.82, 2.24) is 9.78 Å². The Morgan fingerprint density at radius 1 is 1.53 bits per heavy atom. The zero-order chi connectivity index (χ0) is 12.4. The van der Waals surface area contributed by atoms with Crippen molar-refractivity contribution < 1.29 is 4.92 Å². The van der Waals surface area contributed by atoms with Gasteiger partial charge in [-0.05, 0) is 34.2 Å². The molecule has 1 aromatic heterocycles. The van der Waals surface area contributed by atoms with Gasteiger partial charge in [0, 0.05) is 22.8 Å². The van der Waals surface area contributed by atoms with Gasteiger partial charge in [-0.1, -0.05) is 15.9 Å². The first-order valence-electron chi connectivity index (χ1n) is 4.67. The number of aromatic nitrogens is 2. The van der Waals surface area contributed by atoms with Crippen LogP contribution < -0.4 is 0 Å². The Morgan fingerprint density at radius 3 is 2.82 bits per heavy atom. The van der Waals surface area contributed by atoms with E-state index < -0.39 is 4.92 Å². The van der Waals surface area contributed by atoms with Crippen LogP contribution in [0.3, 0.4) is 0 Å². The van der Waals surface area contributed by atoms with Crippen LogP contribution in [0.25, 0.3) is 0 Å². The molecule has 1 heterocycles. The lowest BCUT2D eigenvalue weighted by atomic mass is 10.2. The van der Waals surface area contributed by atoms with Crippen LogP contribution in [0.2, 0.25) is 0 Å². The van der Waals surface area contributed by atoms with Crippen LogP contribution >= 0.6 is 38.5 Å². The van der Waals surface area contributed by atoms with Gasteiger partial charge in [-0.25, -0.2) is 0 Å². The number of benzene rings is 1. The Balaban J connectivity index is 2.25. The Bertz CT molecular complexity index is 570. The SMILES string of the molecule is O=[N+]([O-])c1ccc(Cn2cc(I)cn2)c(Br)c1. The van der Waals surface area contributed by atoms with Crippen molar-refractivity contribution in [3.8, 4) is 0 Å². The summed E-state index contributed by atoms with van der Waals surface area (Å²) in [5.74, 6) is 0. The molecule has 2 aromatic rings.